The number of nitrogens with zero attached hydrogens (tertiary/aromatic N) is 2. The van der Waals surface area contributed by atoms with Gasteiger partial charge in [0.1, 0.15) is 5.01 Å². The zero-order valence-electron chi connectivity index (χ0n) is 11.1. The summed E-state index contributed by atoms with van der Waals surface area (Å²) in [4.78, 5) is 7.02. The van der Waals surface area contributed by atoms with E-state index in [1.165, 1.54) is 24.3 Å². The number of alkyl halides is 1. The van der Waals surface area contributed by atoms with Crippen molar-refractivity contribution in [3.63, 3.8) is 0 Å². The van der Waals surface area contributed by atoms with Gasteiger partial charge in [-0.3, -0.25) is 4.90 Å². The average molecular weight is 275 g/mol. The van der Waals surface area contributed by atoms with Crippen molar-refractivity contribution in [2.24, 2.45) is 0 Å². The first-order valence-electron chi connectivity index (χ1n) is 6.43. The number of halogens is 1. The molecule has 0 N–H and O–H groups in total. The molecule has 2 nitrogen and oxygen atoms in total. The van der Waals surface area contributed by atoms with Gasteiger partial charge in [-0.15, -0.1) is 22.9 Å². The van der Waals surface area contributed by atoms with E-state index in [0.717, 1.165) is 18.7 Å². The van der Waals surface area contributed by atoms with E-state index in [1.807, 2.05) is 0 Å². The third-order valence-electron chi connectivity index (χ3n) is 3.02. The van der Waals surface area contributed by atoms with Crippen molar-refractivity contribution in [1.29, 1.82) is 0 Å². The molecule has 1 atom stereocenters. The molecular formula is C13H23ClN2S. The van der Waals surface area contributed by atoms with Crippen LogP contribution in [0.1, 0.15) is 56.3 Å². The SMILES string of the molecule is CCCCCN(C)C(CC)c1nc(CCl)cs1. The van der Waals surface area contributed by atoms with Gasteiger partial charge in [-0.25, -0.2) is 4.98 Å². The lowest BCUT2D eigenvalue weighted by Gasteiger charge is -2.25. The molecule has 4 heteroatoms. The molecule has 0 saturated carbocycles. The monoisotopic (exact) mass is 274 g/mol. The van der Waals surface area contributed by atoms with Gasteiger partial charge >= 0.3 is 0 Å². The van der Waals surface area contributed by atoms with Gasteiger partial charge in [0.25, 0.3) is 0 Å². The highest BCUT2D eigenvalue weighted by Gasteiger charge is 2.18. The Balaban J connectivity index is 2.56. The van der Waals surface area contributed by atoms with Gasteiger partial charge in [-0.05, 0) is 26.4 Å². The molecular weight excluding hydrogens is 252 g/mol. The predicted octanol–water partition coefficient (Wildman–Crippen LogP) is 4.46. The minimum atomic E-state index is 0.453. The van der Waals surface area contributed by atoms with Crippen LogP contribution in [0.4, 0.5) is 0 Å². The summed E-state index contributed by atoms with van der Waals surface area (Å²) in [6.45, 7) is 5.62. The second-order valence-electron chi connectivity index (χ2n) is 4.42. The molecule has 0 aliphatic rings. The molecule has 1 aromatic heterocycles. The van der Waals surface area contributed by atoms with E-state index in [0.29, 0.717) is 11.9 Å². The fourth-order valence-electron chi connectivity index (χ4n) is 1.98. The molecule has 1 aromatic rings. The molecule has 1 unspecified atom stereocenters. The van der Waals surface area contributed by atoms with Crippen molar-refractivity contribution in [2.75, 3.05) is 13.6 Å². The van der Waals surface area contributed by atoms with Gasteiger partial charge in [0.05, 0.1) is 17.6 Å². The molecule has 0 fully saturated rings. The van der Waals surface area contributed by atoms with Crippen molar-refractivity contribution in [3.8, 4) is 0 Å². The van der Waals surface area contributed by atoms with Crippen LogP contribution in [0.3, 0.4) is 0 Å². The van der Waals surface area contributed by atoms with E-state index >= 15 is 0 Å². The molecule has 0 bridgehead atoms. The van der Waals surface area contributed by atoms with E-state index in [2.05, 4.69) is 36.2 Å². The highest BCUT2D eigenvalue weighted by molar-refractivity contribution is 7.09. The van der Waals surface area contributed by atoms with Gasteiger partial charge in [0.15, 0.2) is 0 Å². The minimum absolute atomic E-state index is 0.453. The zero-order valence-corrected chi connectivity index (χ0v) is 12.7. The second-order valence-corrected chi connectivity index (χ2v) is 5.58. The van der Waals surface area contributed by atoms with Gasteiger partial charge in [-0.1, -0.05) is 26.7 Å². The first kappa shape index (κ1) is 14.9. The first-order chi connectivity index (χ1) is 8.22. The molecule has 1 heterocycles. The van der Waals surface area contributed by atoms with Gasteiger partial charge in [0.2, 0.25) is 0 Å². The van der Waals surface area contributed by atoms with Crippen LogP contribution in [0.5, 0.6) is 0 Å². The van der Waals surface area contributed by atoms with Crippen LogP contribution in [0.25, 0.3) is 0 Å². The maximum absolute atomic E-state index is 5.80. The van der Waals surface area contributed by atoms with E-state index in [4.69, 9.17) is 11.6 Å². The number of hydrogen-bond acceptors (Lipinski definition) is 3. The van der Waals surface area contributed by atoms with Crippen molar-refractivity contribution >= 4 is 22.9 Å². The number of unbranched alkanes of at least 4 members (excludes halogenated alkanes) is 2. The summed E-state index contributed by atoms with van der Waals surface area (Å²) in [5.74, 6) is 0.520. The first-order valence-corrected chi connectivity index (χ1v) is 7.84. The fourth-order valence-corrected chi connectivity index (χ4v) is 3.27. The predicted molar refractivity (Wildman–Crippen MR) is 76.9 cm³/mol. The number of thiazole rings is 1. The Kier molecular flexibility index (Phi) is 7.09. The van der Waals surface area contributed by atoms with Gasteiger partial charge < -0.3 is 0 Å². The Morgan fingerprint density at radius 2 is 2.18 bits per heavy atom. The third kappa shape index (κ3) is 4.57. The Bertz CT molecular complexity index is 314. The summed E-state index contributed by atoms with van der Waals surface area (Å²) < 4.78 is 0. The van der Waals surface area contributed by atoms with E-state index < -0.39 is 0 Å². The average Bonchev–Trinajstić information content (AvgIpc) is 2.79. The lowest BCUT2D eigenvalue weighted by atomic mass is 10.2. The van der Waals surface area contributed by atoms with Gasteiger partial charge in [0, 0.05) is 5.38 Å². The standard InChI is InChI=1S/C13H23ClN2S/c1-4-6-7-8-16(3)12(5-2)13-15-11(9-14)10-17-13/h10,12H,4-9H2,1-3H3. The lowest BCUT2D eigenvalue weighted by molar-refractivity contribution is 0.233. The molecule has 98 valence electrons. The topological polar surface area (TPSA) is 16.1 Å². The van der Waals surface area contributed by atoms with E-state index in [9.17, 15) is 0 Å². The highest BCUT2D eigenvalue weighted by Crippen LogP contribution is 2.26. The van der Waals surface area contributed by atoms with Crippen LogP contribution in [-0.4, -0.2) is 23.5 Å². The lowest BCUT2D eigenvalue weighted by Crippen LogP contribution is -2.25. The molecule has 17 heavy (non-hydrogen) atoms. The van der Waals surface area contributed by atoms with Crippen molar-refractivity contribution in [3.05, 3.63) is 16.1 Å². The van der Waals surface area contributed by atoms with Crippen LogP contribution >= 0.6 is 22.9 Å². The fraction of sp³-hybridized carbons (Fsp3) is 0.769. The van der Waals surface area contributed by atoms with E-state index in [-0.39, 0.29) is 0 Å². The molecule has 0 aliphatic carbocycles. The Morgan fingerprint density at radius 1 is 1.41 bits per heavy atom. The smallest absolute Gasteiger partial charge is 0.110 e. The van der Waals surface area contributed by atoms with Gasteiger partial charge in [-0.2, -0.15) is 0 Å². The molecule has 1 rings (SSSR count). The summed E-state index contributed by atoms with van der Waals surface area (Å²) in [5, 5.41) is 3.28. The largest absolute Gasteiger partial charge is 0.297 e. The van der Waals surface area contributed by atoms with Crippen LogP contribution in [-0.2, 0) is 5.88 Å². The molecule has 0 radical (unpaired) electrons. The van der Waals surface area contributed by atoms with Crippen molar-refractivity contribution < 1.29 is 0 Å². The van der Waals surface area contributed by atoms with Crippen molar-refractivity contribution in [2.45, 2.75) is 51.5 Å². The molecule has 0 aliphatic heterocycles. The van der Waals surface area contributed by atoms with Crippen LogP contribution in [0, 0.1) is 0 Å². The molecule has 0 saturated heterocycles. The second kappa shape index (κ2) is 8.06. The Morgan fingerprint density at radius 3 is 2.71 bits per heavy atom. The quantitative estimate of drug-likeness (QED) is 0.514. The molecule has 0 amide bonds. The summed E-state index contributed by atoms with van der Waals surface area (Å²) in [7, 11) is 2.20. The van der Waals surface area contributed by atoms with Crippen molar-refractivity contribution in [1.82, 2.24) is 9.88 Å². The molecule has 0 aromatic carbocycles. The minimum Gasteiger partial charge on any atom is -0.297 e. The highest BCUT2D eigenvalue weighted by atomic mass is 35.5. The maximum Gasteiger partial charge on any atom is 0.110 e. The molecule has 0 spiro atoms. The number of rotatable bonds is 8. The summed E-state index contributed by atoms with van der Waals surface area (Å²) in [6, 6.07) is 0.453. The Labute approximate surface area is 114 Å². The van der Waals surface area contributed by atoms with Crippen LogP contribution in [0.15, 0.2) is 5.38 Å². The Hall–Kier alpha value is -0.120. The number of hydrogen-bond donors (Lipinski definition) is 0. The third-order valence-corrected chi connectivity index (χ3v) is 4.29. The summed E-state index contributed by atoms with van der Waals surface area (Å²) in [5.41, 5.74) is 1.01. The zero-order chi connectivity index (χ0) is 12.7. The van der Waals surface area contributed by atoms with Crippen LogP contribution < -0.4 is 0 Å². The number of aromatic nitrogens is 1. The maximum atomic E-state index is 5.80. The normalized spacial score (nSPS) is 13.2. The summed E-state index contributed by atoms with van der Waals surface area (Å²) >= 11 is 7.54. The van der Waals surface area contributed by atoms with E-state index in [1.54, 1.807) is 11.3 Å². The summed E-state index contributed by atoms with van der Waals surface area (Å²) in [6.07, 6.45) is 4.97. The van der Waals surface area contributed by atoms with Crippen LogP contribution in [0.2, 0.25) is 0 Å².